The molecule has 0 radical (unpaired) electrons. The smallest absolute Gasteiger partial charge is 0.244 e. The van der Waals surface area contributed by atoms with Crippen molar-refractivity contribution in [3.8, 4) is 5.75 Å². The van der Waals surface area contributed by atoms with Gasteiger partial charge in [-0.1, -0.05) is 54.6 Å². The molecule has 0 saturated heterocycles. The zero-order chi connectivity index (χ0) is 27.2. The Kier molecular flexibility index (Phi) is 10.1. The third-order valence-electron chi connectivity index (χ3n) is 6.48. The van der Waals surface area contributed by atoms with Crippen LogP contribution in [0.15, 0.2) is 42.5 Å². The lowest BCUT2D eigenvalue weighted by Gasteiger charge is -2.33. The number of sulfonamides is 1. The van der Waals surface area contributed by atoms with Crippen molar-refractivity contribution in [3.63, 3.8) is 0 Å². The Morgan fingerprint density at radius 1 is 1.08 bits per heavy atom. The molecule has 2 amide bonds. The molecule has 202 valence electrons. The van der Waals surface area contributed by atoms with Gasteiger partial charge in [0.15, 0.2) is 0 Å². The van der Waals surface area contributed by atoms with Crippen LogP contribution in [0.2, 0.25) is 10.0 Å². The Morgan fingerprint density at radius 2 is 1.78 bits per heavy atom. The van der Waals surface area contributed by atoms with Gasteiger partial charge in [0.1, 0.15) is 18.3 Å². The largest absolute Gasteiger partial charge is 0.497 e. The number of hydrogen-bond donors (Lipinski definition) is 1. The first-order chi connectivity index (χ1) is 17.5. The second-order valence-electron chi connectivity index (χ2n) is 9.26. The van der Waals surface area contributed by atoms with Gasteiger partial charge in [-0.3, -0.25) is 13.9 Å². The van der Waals surface area contributed by atoms with Crippen molar-refractivity contribution >= 4 is 50.7 Å². The quantitative estimate of drug-likeness (QED) is 0.449. The monoisotopic (exact) mass is 569 g/mol. The fourth-order valence-corrected chi connectivity index (χ4v) is 5.51. The number of hydrogen-bond acceptors (Lipinski definition) is 5. The summed E-state index contributed by atoms with van der Waals surface area (Å²) in [5, 5.41) is 3.49. The Balaban J connectivity index is 1.89. The third-order valence-corrected chi connectivity index (χ3v) is 8.36. The second kappa shape index (κ2) is 12.8. The van der Waals surface area contributed by atoms with E-state index in [1.165, 1.54) is 23.1 Å². The molecule has 2 aromatic rings. The van der Waals surface area contributed by atoms with Crippen LogP contribution in [0, 0.1) is 0 Å². The molecule has 8 nitrogen and oxygen atoms in total. The molecule has 11 heteroatoms. The average molecular weight is 571 g/mol. The SMILES string of the molecule is COc1cccc(CN(C(=O)CN(c2ccc(Cl)c(Cl)c2)S(C)(=O)=O)[C@H](C)C(=O)NC2CCCCC2)c1. The van der Waals surface area contributed by atoms with Crippen LogP contribution in [-0.2, 0) is 26.2 Å². The van der Waals surface area contributed by atoms with Crippen molar-refractivity contribution in [2.75, 3.05) is 24.2 Å². The molecule has 3 rings (SSSR count). The molecule has 0 aliphatic heterocycles. The van der Waals surface area contributed by atoms with Gasteiger partial charge < -0.3 is 15.0 Å². The number of benzene rings is 2. The first-order valence-electron chi connectivity index (χ1n) is 12.1. The van der Waals surface area contributed by atoms with E-state index in [2.05, 4.69) is 5.32 Å². The van der Waals surface area contributed by atoms with E-state index in [1.54, 1.807) is 32.2 Å². The molecule has 1 aliphatic carbocycles. The van der Waals surface area contributed by atoms with E-state index in [1.807, 2.05) is 6.07 Å². The lowest BCUT2D eigenvalue weighted by atomic mass is 9.95. The highest BCUT2D eigenvalue weighted by Gasteiger charge is 2.31. The van der Waals surface area contributed by atoms with Crippen LogP contribution in [0.25, 0.3) is 0 Å². The van der Waals surface area contributed by atoms with Gasteiger partial charge in [0.2, 0.25) is 21.8 Å². The van der Waals surface area contributed by atoms with E-state index in [9.17, 15) is 18.0 Å². The van der Waals surface area contributed by atoms with E-state index >= 15 is 0 Å². The number of nitrogens with one attached hydrogen (secondary N) is 1. The molecule has 2 aromatic carbocycles. The van der Waals surface area contributed by atoms with Crippen LogP contribution in [0.3, 0.4) is 0 Å². The summed E-state index contributed by atoms with van der Waals surface area (Å²) < 4.78 is 31.6. The highest BCUT2D eigenvalue weighted by atomic mass is 35.5. The van der Waals surface area contributed by atoms with E-state index in [-0.39, 0.29) is 34.2 Å². The van der Waals surface area contributed by atoms with Crippen molar-refractivity contribution in [2.45, 2.75) is 57.7 Å². The molecule has 0 spiro atoms. The number of halogens is 2. The van der Waals surface area contributed by atoms with Gasteiger partial charge in [-0.05, 0) is 55.7 Å². The van der Waals surface area contributed by atoms with Gasteiger partial charge in [0.25, 0.3) is 0 Å². The maximum atomic E-state index is 13.7. The summed E-state index contributed by atoms with van der Waals surface area (Å²) in [6.07, 6.45) is 6.08. The molecule has 0 aromatic heterocycles. The minimum absolute atomic E-state index is 0.0706. The molecular formula is C26H33Cl2N3O5S. The number of carbonyl (C=O) groups excluding carboxylic acids is 2. The lowest BCUT2D eigenvalue weighted by molar-refractivity contribution is -0.139. The minimum Gasteiger partial charge on any atom is -0.497 e. The number of carbonyl (C=O) groups is 2. The maximum Gasteiger partial charge on any atom is 0.244 e. The van der Waals surface area contributed by atoms with Crippen molar-refractivity contribution < 1.29 is 22.7 Å². The third kappa shape index (κ3) is 7.99. The normalized spacial score (nSPS) is 15.1. The summed E-state index contributed by atoms with van der Waals surface area (Å²) in [4.78, 5) is 28.3. The van der Waals surface area contributed by atoms with Gasteiger partial charge in [-0.15, -0.1) is 0 Å². The first kappa shape index (κ1) is 29.1. The van der Waals surface area contributed by atoms with Crippen molar-refractivity contribution in [1.29, 1.82) is 0 Å². The molecule has 1 N–H and O–H groups in total. The van der Waals surface area contributed by atoms with Crippen molar-refractivity contribution in [1.82, 2.24) is 10.2 Å². The van der Waals surface area contributed by atoms with E-state index in [0.29, 0.717) is 5.75 Å². The standard InChI is InChI=1S/C26H33Cl2N3O5S/c1-18(26(33)29-20-9-5-4-6-10-20)30(16-19-8-7-11-22(14-19)36-2)25(32)17-31(37(3,34)35)21-12-13-23(27)24(28)15-21/h7-8,11-15,18,20H,4-6,9-10,16-17H2,1-3H3,(H,29,33)/t18-/m1/s1. The zero-order valence-corrected chi connectivity index (χ0v) is 23.6. The molecular weight excluding hydrogens is 537 g/mol. The fourth-order valence-electron chi connectivity index (χ4n) is 4.37. The lowest BCUT2D eigenvalue weighted by Crippen LogP contribution is -2.52. The predicted octanol–water partition coefficient (Wildman–Crippen LogP) is 4.63. The van der Waals surface area contributed by atoms with E-state index in [0.717, 1.165) is 48.2 Å². The van der Waals surface area contributed by atoms with Crippen LogP contribution < -0.4 is 14.4 Å². The fraction of sp³-hybridized carbons (Fsp3) is 0.462. The summed E-state index contributed by atoms with van der Waals surface area (Å²) in [6, 6.07) is 10.7. The number of rotatable bonds is 10. The summed E-state index contributed by atoms with van der Waals surface area (Å²) in [5.41, 5.74) is 0.941. The van der Waals surface area contributed by atoms with Crippen LogP contribution in [0.4, 0.5) is 5.69 Å². The molecule has 1 fully saturated rings. The topological polar surface area (TPSA) is 96.0 Å². The van der Waals surface area contributed by atoms with Crippen molar-refractivity contribution in [3.05, 3.63) is 58.1 Å². The van der Waals surface area contributed by atoms with E-state index < -0.39 is 28.5 Å². The van der Waals surface area contributed by atoms with E-state index in [4.69, 9.17) is 27.9 Å². The molecule has 0 bridgehead atoms. The van der Waals surface area contributed by atoms with Gasteiger partial charge in [-0.2, -0.15) is 0 Å². The van der Waals surface area contributed by atoms with Gasteiger partial charge >= 0.3 is 0 Å². The first-order valence-corrected chi connectivity index (χ1v) is 14.8. The Morgan fingerprint density at radius 3 is 2.41 bits per heavy atom. The summed E-state index contributed by atoms with van der Waals surface area (Å²) in [7, 11) is -2.32. The van der Waals surface area contributed by atoms with Crippen LogP contribution in [-0.4, -0.2) is 57.1 Å². The Labute approximate surface area is 228 Å². The Hall–Kier alpha value is -2.49. The second-order valence-corrected chi connectivity index (χ2v) is 12.0. The van der Waals surface area contributed by atoms with Crippen LogP contribution in [0.5, 0.6) is 5.75 Å². The number of anilines is 1. The summed E-state index contributed by atoms with van der Waals surface area (Å²) in [5.74, 6) is -0.202. The molecule has 1 saturated carbocycles. The minimum atomic E-state index is -3.86. The van der Waals surface area contributed by atoms with Gasteiger partial charge in [0, 0.05) is 12.6 Å². The van der Waals surface area contributed by atoms with Gasteiger partial charge in [-0.25, -0.2) is 8.42 Å². The number of ether oxygens (including phenoxy) is 1. The highest BCUT2D eigenvalue weighted by Crippen LogP contribution is 2.29. The van der Waals surface area contributed by atoms with Crippen molar-refractivity contribution in [2.24, 2.45) is 0 Å². The van der Waals surface area contributed by atoms with Crippen LogP contribution >= 0.6 is 23.2 Å². The average Bonchev–Trinajstić information content (AvgIpc) is 2.87. The maximum absolute atomic E-state index is 13.7. The van der Waals surface area contributed by atoms with Gasteiger partial charge in [0.05, 0.1) is 29.1 Å². The highest BCUT2D eigenvalue weighted by molar-refractivity contribution is 7.92. The number of methoxy groups -OCH3 is 1. The summed E-state index contributed by atoms with van der Waals surface area (Å²) >= 11 is 12.1. The Bertz CT molecular complexity index is 1220. The number of amides is 2. The zero-order valence-electron chi connectivity index (χ0n) is 21.2. The molecule has 0 unspecified atom stereocenters. The predicted molar refractivity (Wildman–Crippen MR) is 147 cm³/mol. The molecule has 0 heterocycles. The number of nitrogens with zero attached hydrogens (tertiary/aromatic N) is 2. The van der Waals surface area contributed by atoms with Crippen LogP contribution in [0.1, 0.15) is 44.6 Å². The molecule has 1 atom stereocenters. The molecule has 1 aliphatic rings. The summed E-state index contributed by atoms with van der Waals surface area (Å²) in [6.45, 7) is 1.23. The molecule has 37 heavy (non-hydrogen) atoms.